The molecule has 0 radical (unpaired) electrons. The zero-order chi connectivity index (χ0) is 13.2. The van der Waals surface area contributed by atoms with Crippen LogP contribution in [-0.4, -0.2) is 14.7 Å². The fourth-order valence-electron chi connectivity index (χ4n) is 2.32. The van der Waals surface area contributed by atoms with Crippen molar-refractivity contribution in [3.63, 3.8) is 0 Å². The van der Waals surface area contributed by atoms with Crippen LogP contribution in [0.25, 0.3) is 11.0 Å². The van der Waals surface area contributed by atoms with Gasteiger partial charge in [0.15, 0.2) is 0 Å². The Morgan fingerprint density at radius 1 is 1.16 bits per heavy atom. The molecule has 0 saturated carbocycles. The zero-order valence-electron chi connectivity index (χ0n) is 10.8. The maximum atomic E-state index is 9.04. The van der Waals surface area contributed by atoms with Gasteiger partial charge in [-0.25, -0.2) is 4.98 Å². The van der Waals surface area contributed by atoms with Gasteiger partial charge in [-0.2, -0.15) is 0 Å². The highest BCUT2D eigenvalue weighted by atomic mass is 16.4. The van der Waals surface area contributed by atoms with Crippen molar-refractivity contribution in [3.05, 3.63) is 53.7 Å². The van der Waals surface area contributed by atoms with Crippen LogP contribution in [0.5, 0.6) is 0 Å². The van der Waals surface area contributed by atoms with Crippen LogP contribution in [0.3, 0.4) is 0 Å². The second-order valence-electron chi connectivity index (χ2n) is 4.48. The number of hydrogen-bond acceptors (Lipinski definition) is 3. The average Bonchev–Trinajstić information content (AvgIpc) is 3.04. The number of benzene rings is 1. The number of aromatic nitrogens is 2. The first-order chi connectivity index (χ1) is 9.31. The van der Waals surface area contributed by atoms with Gasteiger partial charge in [0, 0.05) is 6.42 Å². The maximum Gasteiger partial charge on any atom is 0.129 e. The molecule has 0 spiro atoms. The van der Waals surface area contributed by atoms with Crippen LogP contribution in [0.15, 0.2) is 40.8 Å². The molecule has 3 aromatic rings. The van der Waals surface area contributed by atoms with E-state index in [1.165, 1.54) is 0 Å². The number of rotatable bonds is 4. The molecule has 19 heavy (non-hydrogen) atoms. The van der Waals surface area contributed by atoms with Crippen molar-refractivity contribution in [2.45, 2.75) is 26.5 Å². The number of aliphatic hydroxyl groups is 1. The molecule has 98 valence electrons. The molecule has 4 heteroatoms. The zero-order valence-corrected chi connectivity index (χ0v) is 10.8. The Morgan fingerprint density at radius 3 is 2.68 bits per heavy atom. The molecule has 0 aliphatic rings. The number of furan rings is 1. The van der Waals surface area contributed by atoms with Gasteiger partial charge in [-0.1, -0.05) is 19.1 Å². The number of aliphatic hydroxyl groups excluding tert-OH is 1. The average molecular weight is 256 g/mol. The molecular formula is C15H16N2O2. The van der Waals surface area contributed by atoms with Crippen LogP contribution in [0.1, 0.15) is 24.3 Å². The third-order valence-electron chi connectivity index (χ3n) is 3.24. The van der Waals surface area contributed by atoms with E-state index in [4.69, 9.17) is 9.52 Å². The molecule has 0 aliphatic carbocycles. The standard InChI is InChI=1S/C15H16N2O2/c1-2-15-16-13-5-3-4-6-14(13)17(15)9-11-7-8-12(10-18)19-11/h3-8,18H,2,9-10H2,1H3. The molecule has 1 aromatic carbocycles. The first-order valence-corrected chi connectivity index (χ1v) is 6.44. The lowest BCUT2D eigenvalue weighted by molar-refractivity contribution is 0.243. The van der Waals surface area contributed by atoms with Crippen LogP contribution in [0.4, 0.5) is 0 Å². The highest BCUT2D eigenvalue weighted by Crippen LogP contribution is 2.19. The summed E-state index contributed by atoms with van der Waals surface area (Å²) in [5, 5.41) is 9.04. The number of para-hydroxylation sites is 2. The molecule has 2 aromatic heterocycles. The van der Waals surface area contributed by atoms with Crippen molar-refractivity contribution < 1.29 is 9.52 Å². The monoisotopic (exact) mass is 256 g/mol. The Hall–Kier alpha value is -2.07. The van der Waals surface area contributed by atoms with Crippen molar-refractivity contribution in [2.75, 3.05) is 0 Å². The van der Waals surface area contributed by atoms with E-state index in [0.717, 1.165) is 29.0 Å². The highest BCUT2D eigenvalue weighted by Gasteiger charge is 2.11. The second kappa shape index (κ2) is 4.90. The fraction of sp³-hybridized carbons (Fsp3) is 0.267. The summed E-state index contributed by atoms with van der Waals surface area (Å²) in [7, 11) is 0. The van der Waals surface area contributed by atoms with Crippen LogP contribution in [0.2, 0.25) is 0 Å². The number of hydrogen-bond donors (Lipinski definition) is 1. The fourth-order valence-corrected chi connectivity index (χ4v) is 2.32. The van der Waals surface area contributed by atoms with E-state index in [-0.39, 0.29) is 6.61 Å². The molecule has 0 fully saturated rings. The summed E-state index contributed by atoms with van der Waals surface area (Å²) in [6.45, 7) is 2.67. The second-order valence-corrected chi connectivity index (χ2v) is 4.48. The van der Waals surface area contributed by atoms with Crippen molar-refractivity contribution >= 4 is 11.0 Å². The minimum absolute atomic E-state index is 0.0642. The lowest BCUT2D eigenvalue weighted by atomic mass is 10.3. The van der Waals surface area contributed by atoms with Crippen molar-refractivity contribution in [1.82, 2.24) is 9.55 Å². The predicted molar refractivity (Wildman–Crippen MR) is 72.8 cm³/mol. The SMILES string of the molecule is CCc1nc2ccccc2n1Cc1ccc(CO)o1. The van der Waals surface area contributed by atoms with Crippen LogP contribution in [0, 0.1) is 0 Å². The molecule has 0 atom stereocenters. The van der Waals surface area contributed by atoms with E-state index < -0.39 is 0 Å². The minimum Gasteiger partial charge on any atom is -0.462 e. The summed E-state index contributed by atoms with van der Waals surface area (Å²) in [4.78, 5) is 4.63. The third kappa shape index (κ3) is 2.15. The number of imidazole rings is 1. The molecule has 2 heterocycles. The molecular weight excluding hydrogens is 240 g/mol. The quantitative estimate of drug-likeness (QED) is 0.781. The van der Waals surface area contributed by atoms with Crippen molar-refractivity contribution in [3.8, 4) is 0 Å². The molecule has 0 saturated heterocycles. The summed E-state index contributed by atoms with van der Waals surface area (Å²) in [5.74, 6) is 2.47. The number of fused-ring (bicyclic) bond motifs is 1. The Morgan fingerprint density at radius 2 is 1.95 bits per heavy atom. The van der Waals surface area contributed by atoms with Gasteiger partial charge in [0.05, 0.1) is 17.6 Å². The summed E-state index contributed by atoms with van der Waals surface area (Å²) >= 11 is 0. The van der Waals surface area contributed by atoms with E-state index in [1.807, 2.05) is 24.3 Å². The van der Waals surface area contributed by atoms with Gasteiger partial charge in [-0.05, 0) is 24.3 Å². The van der Waals surface area contributed by atoms with Gasteiger partial charge in [0.1, 0.15) is 24.0 Å². The molecule has 1 N–H and O–H groups in total. The normalized spacial score (nSPS) is 11.3. The van der Waals surface area contributed by atoms with Gasteiger partial charge >= 0.3 is 0 Å². The van der Waals surface area contributed by atoms with E-state index in [9.17, 15) is 0 Å². The summed E-state index contributed by atoms with van der Waals surface area (Å²) < 4.78 is 7.72. The van der Waals surface area contributed by atoms with Gasteiger partial charge in [0.25, 0.3) is 0 Å². The number of nitrogens with zero attached hydrogens (tertiary/aromatic N) is 2. The van der Waals surface area contributed by atoms with E-state index in [1.54, 1.807) is 6.07 Å². The lowest BCUT2D eigenvalue weighted by Gasteiger charge is -2.05. The van der Waals surface area contributed by atoms with E-state index in [0.29, 0.717) is 12.3 Å². The maximum absolute atomic E-state index is 9.04. The minimum atomic E-state index is -0.0642. The van der Waals surface area contributed by atoms with E-state index >= 15 is 0 Å². The first kappa shape index (κ1) is 12.0. The lowest BCUT2D eigenvalue weighted by Crippen LogP contribution is -2.03. The molecule has 3 rings (SSSR count). The molecule has 0 unspecified atom stereocenters. The van der Waals surface area contributed by atoms with Crippen LogP contribution in [-0.2, 0) is 19.6 Å². The van der Waals surface area contributed by atoms with Crippen LogP contribution < -0.4 is 0 Å². The van der Waals surface area contributed by atoms with Crippen LogP contribution >= 0.6 is 0 Å². The Kier molecular flexibility index (Phi) is 3.09. The van der Waals surface area contributed by atoms with Crippen molar-refractivity contribution in [2.24, 2.45) is 0 Å². The van der Waals surface area contributed by atoms with Crippen molar-refractivity contribution in [1.29, 1.82) is 0 Å². The molecule has 0 bridgehead atoms. The van der Waals surface area contributed by atoms with Gasteiger partial charge in [0.2, 0.25) is 0 Å². The first-order valence-electron chi connectivity index (χ1n) is 6.44. The molecule has 0 aliphatic heterocycles. The Bertz CT molecular complexity index is 697. The Balaban J connectivity index is 2.03. The van der Waals surface area contributed by atoms with Gasteiger partial charge < -0.3 is 14.1 Å². The molecule has 4 nitrogen and oxygen atoms in total. The summed E-state index contributed by atoms with van der Waals surface area (Å²) in [5.41, 5.74) is 2.12. The van der Waals surface area contributed by atoms with Gasteiger partial charge in [-0.3, -0.25) is 0 Å². The number of aryl methyl sites for hydroxylation is 1. The van der Waals surface area contributed by atoms with E-state index in [2.05, 4.69) is 22.5 Å². The Labute approximate surface area is 111 Å². The highest BCUT2D eigenvalue weighted by molar-refractivity contribution is 5.76. The smallest absolute Gasteiger partial charge is 0.129 e. The largest absolute Gasteiger partial charge is 0.462 e. The summed E-state index contributed by atoms with van der Waals surface area (Å²) in [6, 6.07) is 11.8. The topological polar surface area (TPSA) is 51.2 Å². The van der Waals surface area contributed by atoms with Gasteiger partial charge in [-0.15, -0.1) is 0 Å². The third-order valence-corrected chi connectivity index (χ3v) is 3.24. The summed E-state index contributed by atoms with van der Waals surface area (Å²) in [6.07, 6.45) is 0.877. The predicted octanol–water partition coefficient (Wildman–Crippen LogP) is 2.73. The molecule has 0 amide bonds.